The molecule has 1 amide bonds. The molecule has 0 heterocycles. The molecule has 0 aliphatic heterocycles. The minimum Gasteiger partial charge on any atom is -0.489 e. The lowest BCUT2D eigenvalue weighted by Crippen LogP contribution is -2.15. The Morgan fingerprint density at radius 2 is 2.10 bits per heavy atom. The van der Waals surface area contributed by atoms with Crippen molar-refractivity contribution in [2.75, 3.05) is 5.32 Å². The minimum atomic E-state index is -1.03. The van der Waals surface area contributed by atoms with Crippen LogP contribution in [-0.4, -0.2) is 23.1 Å². The van der Waals surface area contributed by atoms with Gasteiger partial charge in [0.15, 0.2) is 0 Å². The molecule has 1 aromatic rings. The molecule has 0 aromatic heterocycles. The Bertz CT molecular complexity index is 535. The van der Waals surface area contributed by atoms with E-state index in [0.717, 1.165) is 6.42 Å². The number of hydrogen-bond donors (Lipinski definition) is 2. The van der Waals surface area contributed by atoms with E-state index in [2.05, 4.69) is 5.32 Å². The van der Waals surface area contributed by atoms with Crippen molar-refractivity contribution in [1.29, 1.82) is 0 Å². The quantitative estimate of drug-likeness (QED) is 0.808. The normalized spacial score (nSPS) is 14.0. The van der Waals surface area contributed by atoms with Crippen LogP contribution in [0.5, 0.6) is 5.75 Å². The van der Waals surface area contributed by atoms with Crippen molar-refractivity contribution in [3.63, 3.8) is 0 Å². The number of nitrogens with one attached hydrogen (secondary N) is 1. The zero-order chi connectivity index (χ0) is 15.4. The molecule has 1 fully saturated rings. The van der Waals surface area contributed by atoms with E-state index in [1.54, 1.807) is 6.07 Å². The van der Waals surface area contributed by atoms with Crippen molar-refractivity contribution < 1.29 is 19.4 Å². The van der Waals surface area contributed by atoms with Gasteiger partial charge in [-0.25, -0.2) is 4.79 Å². The Morgan fingerprint density at radius 3 is 2.67 bits per heavy atom. The van der Waals surface area contributed by atoms with Crippen molar-refractivity contribution >= 4 is 17.6 Å². The number of ether oxygens (including phenoxy) is 1. The van der Waals surface area contributed by atoms with E-state index < -0.39 is 5.97 Å². The van der Waals surface area contributed by atoms with Gasteiger partial charge in [0.2, 0.25) is 5.91 Å². The van der Waals surface area contributed by atoms with E-state index in [9.17, 15) is 9.59 Å². The second-order valence-corrected chi connectivity index (χ2v) is 5.71. The number of carboxylic acid groups (broad SMARTS) is 1. The maximum atomic E-state index is 11.9. The summed E-state index contributed by atoms with van der Waals surface area (Å²) in [5.74, 6) is 0.0554. The molecule has 5 nitrogen and oxygen atoms in total. The van der Waals surface area contributed by atoms with Crippen molar-refractivity contribution in [1.82, 2.24) is 0 Å². The number of carboxylic acids is 1. The van der Waals surface area contributed by atoms with Crippen LogP contribution in [0.25, 0.3) is 0 Å². The van der Waals surface area contributed by atoms with E-state index in [1.807, 2.05) is 13.8 Å². The molecule has 0 spiro atoms. The highest BCUT2D eigenvalue weighted by atomic mass is 16.5. The average molecular weight is 291 g/mol. The molecule has 21 heavy (non-hydrogen) atoms. The first-order valence-electron chi connectivity index (χ1n) is 7.29. The summed E-state index contributed by atoms with van der Waals surface area (Å²) in [6, 6.07) is 4.49. The van der Waals surface area contributed by atoms with Gasteiger partial charge < -0.3 is 15.2 Å². The predicted molar refractivity (Wildman–Crippen MR) is 79.8 cm³/mol. The third-order valence-electron chi connectivity index (χ3n) is 3.34. The Kier molecular flexibility index (Phi) is 4.83. The first-order valence-corrected chi connectivity index (χ1v) is 7.29. The fraction of sp³-hybridized carbons (Fsp3) is 0.500. The largest absolute Gasteiger partial charge is 0.489 e. The minimum absolute atomic E-state index is 0.0530. The molecule has 0 unspecified atom stereocenters. The molecule has 114 valence electrons. The van der Waals surface area contributed by atoms with Gasteiger partial charge in [-0.1, -0.05) is 12.8 Å². The number of aromatic carboxylic acids is 1. The number of benzene rings is 1. The third kappa shape index (κ3) is 4.77. The summed E-state index contributed by atoms with van der Waals surface area (Å²) in [5.41, 5.74) is 0.549. The second kappa shape index (κ2) is 6.61. The highest BCUT2D eigenvalue weighted by molar-refractivity contribution is 5.95. The van der Waals surface area contributed by atoms with Crippen molar-refractivity contribution in [3.8, 4) is 5.75 Å². The average Bonchev–Trinajstić information content (AvgIpc) is 3.21. The second-order valence-electron chi connectivity index (χ2n) is 5.71. The van der Waals surface area contributed by atoms with Crippen LogP contribution in [0.2, 0.25) is 0 Å². The number of anilines is 1. The summed E-state index contributed by atoms with van der Waals surface area (Å²) in [7, 11) is 0. The van der Waals surface area contributed by atoms with Gasteiger partial charge in [-0.3, -0.25) is 4.79 Å². The fourth-order valence-corrected chi connectivity index (χ4v) is 2.07. The molecule has 0 radical (unpaired) electrons. The lowest BCUT2D eigenvalue weighted by Gasteiger charge is -2.15. The van der Waals surface area contributed by atoms with Crippen LogP contribution in [0.1, 0.15) is 49.9 Å². The maximum absolute atomic E-state index is 11.9. The summed E-state index contributed by atoms with van der Waals surface area (Å²) in [4.78, 5) is 23.0. The van der Waals surface area contributed by atoms with Crippen molar-refractivity contribution in [3.05, 3.63) is 23.8 Å². The van der Waals surface area contributed by atoms with Crippen LogP contribution < -0.4 is 10.1 Å². The van der Waals surface area contributed by atoms with Gasteiger partial charge in [-0.2, -0.15) is 0 Å². The molecule has 2 N–H and O–H groups in total. The number of rotatable bonds is 7. The zero-order valence-corrected chi connectivity index (χ0v) is 12.4. The summed E-state index contributed by atoms with van der Waals surface area (Å²) < 4.78 is 5.61. The molecular weight excluding hydrogens is 270 g/mol. The summed E-state index contributed by atoms with van der Waals surface area (Å²) in [6.07, 6.45) is 3.73. The SMILES string of the molecule is CC(C)Oc1ccc(C(=O)O)cc1NC(=O)CCC1CC1. The van der Waals surface area contributed by atoms with Gasteiger partial charge in [-0.15, -0.1) is 0 Å². The number of carbonyl (C=O) groups is 2. The molecule has 1 saturated carbocycles. The van der Waals surface area contributed by atoms with E-state index in [-0.39, 0.29) is 17.6 Å². The van der Waals surface area contributed by atoms with Gasteiger partial charge in [0.25, 0.3) is 0 Å². The molecule has 1 aliphatic carbocycles. The van der Waals surface area contributed by atoms with Gasteiger partial charge in [0, 0.05) is 6.42 Å². The van der Waals surface area contributed by atoms with Gasteiger partial charge >= 0.3 is 5.97 Å². The van der Waals surface area contributed by atoms with Crippen LogP contribution in [0.4, 0.5) is 5.69 Å². The van der Waals surface area contributed by atoms with Crippen molar-refractivity contribution in [2.24, 2.45) is 5.92 Å². The van der Waals surface area contributed by atoms with Crippen LogP contribution >= 0.6 is 0 Å². The number of amides is 1. The zero-order valence-electron chi connectivity index (χ0n) is 12.4. The molecule has 1 aliphatic rings. The molecular formula is C16H21NO4. The molecule has 5 heteroatoms. The summed E-state index contributed by atoms with van der Waals surface area (Å²) >= 11 is 0. The first kappa shape index (κ1) is 15.4. The van der Waals surface area contributed by atoms with Crippen LogP contribution in [0.3, 0.4) is 0 Å². The van der Waals surface area contributed by atoms with Gasteiger partial charge in [0.05, 0.1) is 17.4 Å². The molecule has 0 atom stereocenters. The number of hydrogen-bond acceptors (Lipinski definition) is 3. The number of carbonyl (C=O) groups excluding carboxylic acids is 1. The molecule has 2 rings (SSSR count). The van der Waals surface area contributed by atoms with E-state index >= 15 is 0 Å². The summed E-state index contributed by atoms with van der Waals surface area (Å²) in [5, 5.41) is 11.8. The van der Waals surface area contributed by atoms with Crippen LogP contribution in [0.15, 0.2) is 18.2 Å². The van der Waals surface area contributed by atoms with Gasteiger partial charge in [0.1, 0.15) is 5.75 Å². The molecule has 0 bridgehead atoms. The van der Waals surface area contributed by atoms with E-state index in [4.69, 9.17) is 9.84 Å². The monoisotopic (exact) mass is 291 g/mol. The molecule has 1 aromatic carbocycles. The predicted octanol–water partition coefficient (Wildman–Crippen LogP) is 3.30. The standard InChI is InChI=1S/C16H21NO4/c1-10(2)21-14-7-6-12(16(19)20)9-13(14)17-15(18)8-5-11-3-4-11/h6-7,9-11H,3-5,8H2,1-2H3,(H,17,18)(H,19,20). The first-order chi connectivity index (χ1) is 9.95. The van der Waals surface area contributed by atoms with Crippen molar-refractivity contribution in [2.45, 2.75) is 45.6 Å². The fourth-order valence-electron chi connectivity index (χ4n) is 2.07. The Morgan fingerprint density at radius 1 is 1.38 bits per heavy atom. The highest BCUT2D eigenvalue weighted by Gasteiger charge is 2.22. The molecule has 0 saturated heterocycles. The van der Waals surface area contributed by atoms with Crippen LogP contribution in [0, 0.1) is 5.92 Å². The Balaban J connectivity index is 2.10. The third-order valence-corrected chi connectivity index (χ3v) is 3.34. The topological polar surface area (TPSA) is 75.6 Å². The summed E-state index contributed by atoms with van der Waals surface area (Å²) in [6.45, 7) is 3.76. The van der Waals surface area contributed by atoms with E-state index in [0.29, 0.717) is 23.8 Å². The Hall–Kier alpha value is -2.04. The van der Waals surface area contributed by atoms with E-state index in [1.165, 1.54) is 25.0 Å². The lowest BCUT2D eigenvalue weighted by molar-refractivity contribution is -0.116. The van der Waals surface area contributed by atoms with Crippen LogP contribution in [-0.2, 0) is 4.79 Å². The smallest absolute Gasteiger partial charge is 0.335 e. The highest BCUT2D eigenvalue weighted by Crippen LogP contribution is 2.34. The maximum Gasteiger partial charge on any atom is 0.335 e. The lowest BCUT2D eigenvalue weighted by atomic mass is 10.1. The van der Waals surface area contributed by atoms with Gasteiger partial charge in [-0.05, 0) is 44.4 Å². The Labute approximate surface area is 124 Å².